The summed E-state index contributed by atoms with van der Waals surface area (Å²) in [6, 6.07) is 2.07. The topological polar surface area (TPSA) is 63.4 Å². The van der Waals surface area contributed by atoms with Crippen molar-refractivity contribution in [2.45, 2.75) is 23.8 Å². The highest BCUT2D eigenvalue weighted by Gasteiger charge is 2.36. The summed E-state index contributed by atoms with van der Waals surface area (Å²) in [4.78, 5) is -0.622. The Kier molecular flexibility index (Phi) is 3.65. The smallest absolute Gasteiger partial charge is 0.246 e. The summed E-state index contributed by atoms with van der Waals surface area (Å²) >= 11 is 0. The largest absolute Gasteiger partial charge is 0.329 e. The standard InChI is InChI=1S/C11H14F2N2O2S/c12-8-3-4-10(13)11(6-8)18(16,17)15-5-1-2-9(15)7-14/h3-4,6,9H,1-2,5,7,14H2. The Morgan fingerprint density at radius 3 is 2.78 bits per heavy atom. The summed E-state index contributed by atoms with van der Waals surface area (Å²) in [5.74, 6) is -1.72. The van der Waals surface area contributed by atoms with Crippen LogP contribution in [0.2, 0.25) is 0 Å². The van der Waals surface area contributed by atoms with E-state index < -0.39 is 26.6 Å². The minimum Gasteiger partial charge on any atom is -0.329 e. The first-order valence-electron chi connectivity index (χ1n) is 5.64. The normalized spacial score (nSPS) is 21.4. The molecule has 1 aromatic carbocycles. The van der Waals surface area contributed by atoms with Gasteiger partial charge in [-0.3, -0.25) is 0 Å². The van der Waals surface area contributed by atoms with Crippen molar-refractivity contribution in [3.8, 4) is 0 Å². The van der Waals surface area contributed by atoms with E-state index in [2.05, 4.69) is 0 Å². The van der Waals surface area contributed by atoms with E-state index in [1.165, 1.54) is 0 Å². The van der Waals surface area contributed by atoms with E-state index in [4.69, 9.17) is 5.73 Å². The van der Waals surface area contributed by atoms with E-state index in [-0.39, 0.29) is 12.6 Å². The van der Waals surface area contributed by atoms with Gasteiger partial charge >= 0.3 is 0 Å². The van der Waals surface area contributed by atoms with Gasteiger partial charge in [0, 0.05) is 19.1 Å². The Labute approximate surface area is 104 Å². The molecule has 0 radical (unpaired) electrons. The Bertz CT molecular complexity index is 548. The molecule has 0 aliphatic carbocycles. The summed E-state index contributed by atoms with van der Waals surface area (Å²) in [5.41, 5.74) is 5.49. The fraction of sp³-hybridized carbons (Fsp3) is 0.455. The fourth-order valence-electron chi connectivity index (χ4n) is 2.16. The number of rotatable bonds is 3. The predicted octanol–water partition coefficient (Wildman–Crippen LogP) is 1.08. The minimum absolute atomic E-state index is 0.177. The molecule has 0 spiro atoms. The van der Waals surface area contributed by atoms with Gasteiger partial charge < -0.3 is 5.73 Å². The summed E-state index contributed by atoms with van der Waals surface area (Å²) in [5, 5.41) is 0. The molecule has 1 aliphatic rings. The third-order valence-corrected chi connectivity index (χ3v) is 5.04. The number of sulfonamides is 1. The summed E-state index contributed by atoms with van der Waals surface area (Å²) in [6.07, 6.45) is 1.32. The number of benzene rings is 1. The molecular formula is C11H14F2N2O2S. The lowest BCUT2D eigenvalue weighted by molar-refractivity contribution is 0.389. The Hall–Kier alpha value is -1.05. The molecule has 7 heteroatoms. The molecule has 4 nitrogen and oxygen atoms in total. The molecule has 1 heterocycles. The summed E-state index contributed by atoms with van der Waals surface area (Å²) in [6.45, 7) is 0.469. The van der Waals surface area contributed by atoms with E-state index in [0.717, 1.165) is 16.4 Å². The van der Waals surface area contributed by atoms with Crippen LogP contribution in [0.1, 0.15) is 12.8 Å². The van der Waals surface area contributed by atoms with Crippen LogP contribution >= 0.6 is 0 Å². The molecule has 18 heavy (non-hydrogen) atoms. The number of hydrogen-bond acceptors (Lipinski definition) is 3. The van der Waals surface area contributed by atoms with Gasteiger partial charge in [0.2, 0.25) is 10.0 Å². The summed E-state index contributed by atoms with van der Waals surface area (Å²) < 4.78 is 52.3. The number of hydrogen-bond donors (Lipinski definition) is 1. The lowest BCUT2D eigenvalue weighted by atomic mass is 10.2. The van der Waals surface area contributed by atoms with Crippen molar-refractivity contribution >= 4 is 10.0 Å². The van der Waals surface area contributed by atoms with Crippen molar-refractivity contribution in [1.82, 2.24) is 4.31 Å². The average molecular weight is 276 g/mol. The van der Waals surface area contributed by atoms with Crippen molar-refractivity contribution in [3.05, 3.63) is 29.8 Å². The fourth-order valence-corrected chi connectivity index (χ4v) is 3.94. The highest BCUT2D eigenvalue weighted by atomic mass is 32.2. The molecule has 0 amide bonds. The summed E-state index contributed by atoms with van der Waals surface area (Å²) in [7, 11) is -4.01. The third-order valence-electron chi connectivity index (χ3n) is 3.08. The van der Waals surface area contributed by atoms with Crippen LogP contribution in [0.5, 0.6) is 0 Å². The maximum Gasteiger partial charge on any atom is 0.246 e. The second-order valence-electron chi connectivity index (χ2n) is 4.22. The molecule has 0 saturated carbocycles. The lowest BCUT2D eigenvalue weighted by Crippen LogP contribution is -2.40. The van der Waals surface area contributed by atoms with Crippen molar-refractivity contribution in [2.75, 3.05) is 13.1 Å². The quantitative estimate of drug-likeness (QED) is 0.898. The first kappa shape index (κ1) is 13.4. The second-order valence-corrected chi connectivity index (χ2v) is 6.08. The molecule has 1 fully saturated rings. The van der Waals surface area contributed by atoms with Gasteiger partial charge in [-0.05, 0) is 31.0 Å². The highest BCUT2D eigenvalue weighted by Crippen LogP contribution is 2.27. The van der Waals surface area contributed by atoms with Crippen LogP contribution in [0.4, 0.5) is 8.78 Å². The highest BCUT2D eigenvalue weighted by molar-refractivity contribution is 7.89. The molecule has 2 N–H and O–H groups in total. The van der Waals surface area contributed by atoms with E-state index in [1.807, 2.05) is 0 Å². The molecule has 1 aliphatic heterocycles. The Morgan fingerprint density at radius 2 is 2.11 bits per heavy atom. The maximum atomic E-state index is 13.5. The molecule has 0 bridgehead atoms. The van der Waals surface area contributed by atoms with Crippen LogP contribution < -0.4 is 5.73 Å². The van der Waals surface area contributed by atoms with E-state index in [9.17, 15) is 17.2 Å². The van der Waals surface area contributed by atoms with Gasteiger partial charge in [-0.25, -0.2) is 17.2 Å². The molecule has 0 aromatic heterocycles. The van der Waals surface area contributed by atoms with Gasteiger partial charge in [0.1, 0.15) is 16.5 Å². The van der Waals surface area contributed by atoms with Crippen LogP contribution in [0.3, 0.4) is 0 Å². The van der Waals surface area contributed by atoms with Gasteiger partial charge in [-0.15, -0.1) is 0 Å². The second kappa shape index (κ2) is 4.91. The lowest BCUT2D eigenvalue weighted by Gasteiger charge is -2.23. The van der Waals surface area contributed by atoms with Crippen LogP contribution in [-0.2, 0) is 10.0 Å². The zero-order valence-corrected chi connectivity index (χ0v) is 10.5. The Morgan fingerprint density at radius 1 is 1.39 bits per heavy atom. The van der Waals surface area contributed by atoms with E-state index in [0.29, 0.717) is 25.5 Å². The van der Waals surface area contributed by atoms with E-state index in [1.54, 1.807) is 0 Å². The van der Waals surface area contributed by atoms with Gasteiger partial charge in [0.25, 0.3) is 0 Å². The van der Waals surface area contributed by atoms with Crippen molar-refractivity contribution in [3.63, 3.8) is 0 Å². The third kappa shape index (κ3) is 2.25. The van der Waals surface area contributed by atoms with Crippen molar-refractivity contribution in [1.29, 1.82) is 0 Å². The Balaban J connectivity index is 2.45. The van der Waals surface area contributed by atoms with Crippen molar-refractivity contribution < 1.29 is 17.2 Å². The molecule has 1 aromatic rings. The van der Waals surface area contributed by atoms with Crippen molar-refractivity contribution in [2.24, 2.45) is 5.73 Å². The van der Waals surface area contributed by atoms with Gasteiger partial charge in [-0.1, -0.05) is 0 Å². The first-order chi connectivity index (χ1) is 8.46. The van der Waals surface area contributed by atoms with Gasteiger partial charge in [-0.2, -0.15) is 4.31 Å². The minimum atomic E-state index is -4.01. The molecule has 1 atom stereocenters. The van der Waals surface area contributed by atoms with E-state index >= 15 is 0 Å². The number of nitrogens with two attached hydrogens (primary N) is 1. The average Bonchev–Trinajstić information content (AvgIpc) is 2.81. The van der Waals surface area contributed by atoms with Gasteiger partial charge in [0.05, 0.1) is 0 Å². The molecule has 1 saturated heterocycles. The zero-order valence-electron chi connectivity index (χ0n) is 9.64. The van der Waals surface area contributed by atoms with Crippen LogP contribution in [0.15, 0.2) is 23.1 Å². The first-order valence-corrected chi connectivity index (χ1v) is 7.08. The molecule has 1 unspecified atom stereocenters. The van der Waals surface area contributed by atoms with Crippen LogP contribution in [0, 0.1) is 11.6 Å². The number of halogens is 2. The van der Waals surface area contributed by atoms with Crippen LogP contribution in [-0.4, -0.2) is 31.9 Å². The zero-order chi connectivity index (χ0) is 13.3. The molecule has 2 rings (SSSR count). The number of nitrogens with zero attached hydrogens (tertiary/aromatic N) is 1. The van der Waals surface area contributed by atoms with Gasteiger partial charge in [0.15, 0.2) is 0 Å². The monoisotopic (exact) mass is 276 g/mol. The molecular weight excluding hydrogens is 262 g/mol. The SMILES string of the molecule is NCC1CCCN1S(=O)(=O)c1cc(F)ccc1F. The van der Waals surface area contributed by atoms with Crippen LogP contribution in [0.25, 0.3) is 0 Å². The maximum absolute atomic E-state index is 13.5. The predicted molar refractivity (Wildman–Crippen MR) is 62.3 cm³/mol. The molecule has 100 valence electrons.